The van der Waals surface area contributed by atoms with Gasteiger partial charge in [-0.1, -0.05) is 17.8 Å². The van der Waals surface area contributed by atoms with E-state index in [9.17, 15) is 18.0 Å². The summed E-state index contributed by atoms with van der Waals surface area (Å²) in [6, 6.07) is 5.26. The van der Waals surface area contributed by atoms with E-state index in [1.165, 1.54) is 18.9 Å². The normalized spacial score (nSPS) is 24.4. The third kappa shape index (κ3) is 4.49. The van der Waals surface area contributed by atoms with E-state index in [1.807, 2.05) is 19.1 Å². The molecule has 2 aliphatic rings. The third-order valence-electron chi connectivity index (χ3n) is 4.66. The number of anilines is 1. The molecule has 0 unspecified atom stereocenters. The molecule has 2 aliphatic heterocycles. The second-order valence-corrected chi connectivity index (χ2v) is 10.2. The first kappa shape index (κ1) is 20.7. The van der Waals surface area contributed by atoms with Gasteiger partial charge in [0.15, 0.2) is 15.0 Å². The van der Waals surface area contributed by atoms with Crippen LogP contribution in [0.1, 0.15) is 24.8 Å². The van der Waals surface area contributed by atoms with Crippen LogP contribution in [0, 0.1) is 6.92 Å². The summed E-state index contributed by atoms with van der Waals surface area (Å²) >= 11 is 1.28. The van der Waals surface area contributed by atoms with Crippen molar-refractivity contribution in [2.24, 2.45) is 4.99 Å². The number of nitrogens with zero attached hydrogens (tertiary/aromatic N) is 2. The Labute approximate surface area is 167 Å². The molecular formula is C18H22N2O6S2. The van der Waals surface area contributed by atoms with Gasteiger partial charge in [0.05, 0.1) is 30.3 Å². The number of sulfone groups is 1. The van der Waals surface area contributed by atoms with Crippen LogP contribution in [0.3, 0.4) is 0 Å². The maximum atomic E-state index is 12.3. The largest absolute Gasteiger partial charge is 0.495 e. The number of hydrogen-bond acceptors (Lipinski definition) is 6. The third-order valence-corrected chi connectivity index (χ3v) is 7.87. The molecule has 1 amide bonds. The van der Waals surface area contributed by atoms with Crippen molar-refractivity contribution in [3.8, 4) is 5.75 Å². The number of carboxylic acids is 1. The molecule has 0 radical (unpaired) electrons. The topological polar surface area (TPSA) is 113 Å². The minimum absolute atomic E-state index is 0.00596. The van der Waals surface area contributed by atoms with Crippen molar-refractivity contribution in [1.82, 2.24) is 0 Å². The molecule has 3 rings (SSSR count). The van der Waals surface area contributed by atoms with Gasteiger partial charge in [-0.05, 0) is 31.0 Å². The van der Waals surface area contributed by atoms with E-state index >= 15 is 0 Å². The van der Waals surface area contributed by atoms with Gasteiger partial charge in [-0.3, -0.25) is 9.59 Å². The highest BCUT2D eigenvalue weighted by Crippen LogP contribution is 2.44. The predicted octanol–water partition coefficient (Wildman–Crippen LogP) is 1.86. The van der Waals surface area contributed by atoms with Gasteiger partial charge in [-0.15, -0.1) is 0 Å². The number of benzene rings is 1. The molecule has 1 aromatic carbocycles. The van der Waals surface area contributed by atoms with Crippen LogP contribution in [0.4, 0.5) is 5.69 Å². The lowest BCUT2D eigenvalue weighted by Gasteiger charge is -2.26. The first-order valence-electron chi connectivity index (χ1n) is 8.84. The number of methoxy groups -OCH3 is 1. The fraction of sp³-hybridized carbons (Fsp3) is 0.500. The zero-order valence-corrected chi connectivity index (χ0v) is 17.3. The number of ether oxygens (including phenoxy) is 1. The molecule has 2 fully saturated rings. The lowest BCUT2D eigenvalue weighted by molar-refractivity contribution is -0.137. The van der Waals surface area contributed by atoms with Gasteiger partial charge in [-0.25, -0.2) is 8.42 Å². The minimum Gasteiger partial charge on any atom is -0.495 e. The smallest absolute Gasteiger partial charge is 0.303 e. The van der Waals surface area contributed by atoms with Gasteiger partial charge in [0.25, 0.3) is 0 Å². The highest BCUT2D eigenvalue weighted by Gasteiger charge is 2.50. The van der Waals surface area contributed by atoms with Crippen molar-refractivity contribution in [2.45, 2.75) is 37.5 Å². The van der Waals surface area contributed by atoms with Crippen molar-refractivity contribution in [3.05, 3.63) is 23.8 Å². The Balaban J connectivity index is 1.94. The van der Waals surface area contributed by atoms with Crippen molar-refractivity contribution in [2.75, 3.05) is 23.5 Å². The average molecular weight is 427 g/mol. The summed E-state index contributed by atoms with van der Waals surface area (Å²) in [5, 5.41) is 8.94. The fourth-order valence-electron chi connectivity index (χ4n) is 3.39. The van der Waals surface area contributed by atoms with E-state index in [4.69, 9.17) is 9.84 Å². The van der Waals surface area contributed by atoms with Crippen LogP contribution < -0.4 is 9.64 Å². The van der Waals surface area contributed by atoms with E-state index < -0.39 is 21.7 Å². The first-order valence-corrected chi connectivity index (χ1v) is 11.5. The van der Waals surface area contributed by atoms with E-state index in [0.29, 0.717) is 16.6 Å². The molecule has 2 saturated heterocycles. The molecule has 8 nitrogen and oxygen atoms in total. The molecule has 0 saturated carbocycles. The zero-order chi connectivity index (χ0) is 20.5. The minimum atomic E-state index is -3.16. The number of thioether (sulfide) groups is 1. The quantitative estimate of drug-likeness (QED) is 0.733. The highest BCUT2D eigenvalue weighted by molar-refractivity contribution is 8.16. The SMILES string of the molecule is COc1ccc(C)cc1N1C(=NC(=O)CCCC(=O)O)S[C@H]2CS(=O)(=O)C[C@H]21. The number of carbonyl (C=O) groups excluding carboxylic acids is 1. The van der Waals surface area contributed by atoms with Crippen LogP contribution >= 0.6 is 11.8 Å². The van der Waals surface area contributed by atoms with Crippen LogP contribution in [-0.4, -0.2) is 60.5 Å². The Kier molecular flexibility index (Phi) is 5.99. The summed E-state index contributed by atoms with van der Waals surface area (Å²) in [6.45, 7) is 1.92. The molecule has 0 aromatic heterocycles. The second kappa shape index (κ2) is 8.12. The molecule has 1 N–H and O–H groups in total. The average Bonchev–Trinajstić information content (AvgIpc) is 3.05. The van der Waals surface area contributed by atoms with Crippen LogP contribution in [0.25, 0.3) is 0 Å². The Morgan fingerprint density at radius 3 is 2.75 bits per heavy atom. The predicted molar refractivity (Wildman–Crippen MR) is 108 cm³/mol. The van der Waals surface area contributed by atoms with Gasteiger partial charge in [-0.2, -0.15) is 4.99 Å². The van der Waals surface area contributed by atoms with E-state index in [2.05, 4.69) is 4.99 Å². The van der Waals surface area contributed by atoms with Gasteiger partial charge in [0.2, 0.25) is 5.91 Å². The van der Waals surface area contributed by atoms with Crippen LogP contribution in [0.15, 0.2) is 23.2 Å². The van der Waals surface area contributed by atoms with Gasteiger partial charge >= 0.3 is 5.97 Å². The zero-order valence-electron chi connectivity index (χ0n) is 15.6. The first-order chi connectivity index (χ1) is 13.2. The van der Waals surface area contributed by atoms with Crippen molar-refractivity contribution >= 4 is 44.3 Å². The highest BCUT2D eigenvalue weighted by atomic mass is 32.2. The summed E-state index contributed by atoms with van der Waals surface area (Å²) < 4.78 is 29.7. The number of aliphatic imine (C=N–C) groups is 1. The standard InChI is InChI=1S/C18H22N2O6S2/c1-11-6-7-14(26-2)12(8-11)20-13-9-28(24,25)10-15(13)27-18(20)19-16(21)4-3-5-17(22)23/h6-8,13,15H,3-5,9-10H2,1-2H3,(H,22,23)/t13-,15+/m1/s1. The lowest BCUT2D eigenvalue weighted by atomic mass is 10.1. The molecular weight excluding hydrogens is 404 g/mol. The second-order valence-electron chi connectivity index (χ2n) is 6.88. The number of rotatable bonds is 6. The monoisotopic (exact) mass is 426 g/mol. The summed E-state index contributed by atoms with van der Waals surface area (Å²) in [5.41, 5.74) is 1.65. The van der Waals surface area contributed by atoms with Crippen LogP contribution in [0.2, 0.25) is 0 Å². The van der Waals surface area contributed by atoms with Gasteiger partial charge in [0, 0.05) is 18.1 Å². The summed E-state index contributed by atoms with van der Waals surface area (Å²) in [6.07, 6.45) is 0.149. The molecule has 2 heterocycles. The number of amides is 1. The van der Waals surface area contributed by atoms with Crippen molar-refractivity contribution < 1.29 is 27.9 Å². The summed E-state index contributed by atoms with van der Waals surface area (Å²) in [7, 11) is -1.62. The number of carbonyl (C=O) groups is 2. The fourth-order valence-corrected chi connectivity index (χ4v) is 7.31. The van der Waals surface area contributed by atoms with Crippen molar-refractivity contribution in [3.63, 3.8) is 0 Å². The number of aliphatic carboxylic acids is 1. The van der Waals surface area contributed by atoms with E-state index in [0.717, 1.165) is 5.56 Å². The molecule has 0 aliphatic carbocycles. The molecule has 1 aromatic rings. The van der Waals surface area contributed by atoms with E-state index in [-0.39, 0.29) is 42.1 Å². The molecule has 28 heavy (non-hydrogen) atoms. The van der Waals surface area contributed by atoms with Gasteiger partial charge < -0.3 is 14.7 Å². The maximum Gasteiger partial charge on any atom is 0.303 e. The molecule has 0 spiro atoms. The molecule has 0 bridgehead atoms. The van der Waals surface area contributed by atoms with E-state index in [1.54, 1.807) is 11.0 Å². The number of aryl methyl sites for hydroxylation is 1. The maximum absolute atomic E-state index is 12.3. The Hall–Kier alpha value is -2.07. The Bertz CT molecular complexity index is 928. The summed E-state index contributed by atoms with van der Waals surface area (Å²) in [5.74, 6) is -0.764. The molecule has 152 valence electrons. The van der Waals surface area contributed by atoms with Crippen LogP contribution in [0.5, 0.6) is 5.75 Å². The number of hydrogen-bond donors (Lipinski definition) is 1. The molecule has 10 heteroatoms. The van der Waals surface area contributed by atoms with Crippen LogP contribution in [-0.2, 0) is 19.4 Å². The summed E-state index contributed by atoms with van der Waals surface area (Å²) in [4.78, 5) is 28.9. The van der Waals surface area contributed by atoms with Gasteiger partial charge in [0.1, 0.15) is 5.75 Å². The Morgan fingerprint density at radius 2 is 2.07 bits per heavy atom. The number of carboxylic acid groups (broad SMARTS) is 1. The lowest BCUT2D eigenvalue weighted by Crippen LogP contribution is -2.38. The molecule has 2 atom stereocenters. The Morgan fingerprint density at radius 1 is 1.32 bits per heavy atom. The van der Waals surface area contributed by atoms with Crippen molar-refractivity contribution in [1.29, 1.82) is 0 Å². The number of fused-ring (bicyclic) bond motifs is 1. The number of amidine groups is 1.